The Morgan fingerprint density at radius 2 is 1.91 bits per heavy atom. The van der Waals surface area contributed by atoms with Gasteiger partial charge in [0.25, 0.3) is 0 Å². The summed E-state index contributed by atoms with van der Waals surface area (Å²) >= 11 is 0. The number of nitrogens with zero attached hydrogens (tertiary/aromatic N) is 2. The van der Waals surface area contributed by atoms with Crippen LogP contribution in [0.1, 0.15) is 24.8 Å². The monoisotopic (exact) mass is 313 g/mol. The molecule has 1 aromatic heterocycles. The van der Waals surface area contributed by atoms with Crippen LogP contribution in [0.2, 0.25) is 0 Å². The first-order valence-corrected chi connectivity index (χ1v) is 8.15. The molecule has 2 aromatic rings. The lowest BCUT2D eigenvalue weighted by molar-refractivity contribution is -0.133. The Hall–Kier alpha value is -2.30. The van der Waals surface area contributed by atoms with E-state index in [0.29, 0.717) is 18.9 Å². The number of hydrogen-bond acceptors (Lipinski definition) is 2. The van der Waals surface area contributed by atoms with Gasteiger partial charge in [-0.25, -0.2) is 0 Å². The Morgan fingerprint density at radius 1 is 1.22 bits per heavy atom. The van der Waals surface area contributed by atoms with Crippen LogP contribution in [0.4, 0.5) is 0 Å². The Bertz CT molecular complexity index is 727. The van der Waals surface area contributed by atoms with Crippen LogP contribution in [0.5, 0.6) is 0 Å². The summed E-state index contributed by atoms with van der Waals surface area (Å²) in [7, 11) is 0. The maximum absolute atomic E-state index is 12.6. The van der Waals surface area contributed by atoms with Crippen molar-refractivity contribution >= 4 is 22.7 Å². The number of benzene rings is 1. The molecular formula is C18H23N3O2. The molecule has 5 heteroatoms. The number of primary amides is 1. The van der Waals surface area contributed by atoms with E-state index in [1.165, 1.54) is 10.9 Å². The summed E-state index contributed by atoms with van der Waals surface area (Å²) < 4.78 is 2.03. The maximum atomic E-state index is 12.6. The first-order valence-electron chi connectivity index (χ1n) is 8.15. The molecule has 2 heterocycles. The smallest absolute Gasteiger partial charge is 0.242 e. The lowest BCUT2D eigenvalue weighted by Crippen LogP contribution is -2.40. The van der Waals surface area contributed by atoms with Gasteiger partial charge >= 0.3 is 0 Å². The molecule has 1 fully saturated rings. The average molecular weight is 313 g/mol. The van der Waals surface area contributed by atoms with E-state index < -0.39 is 0 Å². The third-order valence-corrected chi connectivity index (χ3v) is 4.75. The molecule has 5 nitrogen and oxygen atoms in total. The van der Waals surface area contributed by atoms with Crippen molar-refractivity contribution in [3.05, 3.63) is 36.0 Å². The SMILES string of the molecule is Cc1cn(CC(=O)N2CCC(CC(N)=O)CC2)c2ccccc12. The molecule has 0 unspecified atom stereocenters. The van der Waals surface area contributed by atoms with Crippen molar-refractivity contribution < 1.29 is 9.59 Å². The van der Waals surface area contributed by atoms with Crippen molar-refractivity contribution in [3.63, 3.8) is 0 Å². The fraction of sp³-hybridized carbons (Fsp3) is 0.444. The molecule has 3 rings (SSSR count). The zero-order valence-electron chi connectivity index (χ0n) is 13.5. The van der Waals surface area contributed by atoms with E-state index in [9.17, 15) is 9.59 Å². The molecule has 1 aliphatic heterocycles. The van der Waals surface area contributed by atoms with Gasteiger partial charge in [-0.15, -0.1) is 0 Å². The van der Waals surface area contributed by atoms with Crippen LogP contribution >= 0.6 is 0 Å². The van der Waals surface area contributed by atoms with E-state index in [-0.39, 0.29) is 11.8 Å². The molecule has 1 saturated heterocycles. The highest BCUT2D eigenvalue weighted by Gasteiger charge is 2.24. The number of carbonyl (C=O) groups excluding carboxylic acids is 2. The van der Waals surface area contributed by atoms with Crippen molar-refractivity contribution in [1.29, 1.82) is 0 Å². The lowest BCUT2D eigenvalue weighted by Gasteiger charge is -2.31. The fourth-order valence-electron chi connectivity index (χ4n) is 3.48. The van der Waals surface area contributed by atoms with E-state index in [1.54, 1.807) is 0 Å². The summed E-state index contributed by atoms with van der Waals surface area (Å²) in [5, 5.41) is 1.19. The average Bonchev–Trinajstić information content (AvgIpc) is 2.84. The molecular weight excluding hydrogens is 290 g/mol. The van der Waals surface area contributed by atoms with Gasteiger partial charge in [0.05, 0.1) is 0 Å². The Morgan fingerprint density at radius 3 is 2.61 bits per heavy atom. The molecule has 2 N–H and O–H groups in total. The quantitative estimate of drug-likeness (QED) is 0.939. The van der Waals surface area contributed by atoms with Crippen LogP contribution < -0.4 is 5.73 Å². The second-order valence-electron chi connectivity index (χ2n) is 6.45. The maximum Gasteiger partial charge on any atom is 0.242 e. The number of nitrogens with two attached hydrogens (primary N) is 1. The van der Waals surface area contributed by atoms with Crippen molar-refractivity contribution in [3.8, 4) is 0 Å². The Labute approximate surface area is 136 Å². The minimum Gasteiger partial charge on any atom is -0.370 e. The van der Waals surface area contributed by atoms with Gasteiger partial charge in [-0.1, -0.05) is 18.2 Å². The Kier molecular flexibility index (Phi) is 4.37. The summed E-state index contributed by atoms with van der Waals surface area (Å²) in [6.07, 6.45) is 4.20. The first kappa shape index (κ1) is 15.6. The summed E-state index contributed by atoms with van der Waals surface area (Å²) in [5.74, 6) is 0.221. The number of likely N-dealkylation sites (tertiary alicyclic amines) is 1. The van der Waals surface area contributed by atoms with Crippen LogP contribution in [0.3, 0.4) is 0 Å². The van der Waals surface area contributed by atoms with Crippen LogP contribution in [0.15, 0.2) is 30.5 Å². The highest BCUT2D eigenvalue weighted by molar-refractivity contribution is 5.86. The van der Waals surface area contributed by atoms with Gasteiger partial charge in [-0.2, -0.15) is 0 Å². The number of para-hydroxylation sites is 1. The molecule has 122 valence electrons. The molecule has 0 radical (unpaired) electrons. The van der Waals surface area contributed by atoms with Crippen LogP contribution in [-0.4, -0.2) is 34.4 Å². The summed E-state index contributed by atoms with van der Waals surface area (Å²) in [5.41, 5.74) is 7.54. The third-order valence-electron chi connectivity index (χ3n) is 4.75. The number of aryl methyl sites for hydroxylation is 1. The van der Waals surface area contributed by atoms with E-state index in [0.717, 1.165) is 31.4 Å². The van der Waals surface area contributed by atoms with Crippen molar-refractivity contribution in [2.24, 2.45) is 11.7 Å². The number of hydrogen-bond donors (Lipinski definition) is 1. The molecule has 0 atom stereocenters. The highest BCUT2D eigenvalue weighted by atomic mass is 16.2. The molecule has 0 bridgehead atoms. The zero-order chi connectivity index (χ0) is 16.4. The van der Waals surface area contributed by atoms with E-state index in [4.69, 9.17) is 5.73 Å². The molecule has 23 heavy (non-hydrogen) atoms. The number of carbonyl (C=O) groups is 2. The van der Waals surface area contributed by atoms with Crippen molar-refractivity contribution in [2.45, 2.75) is 32.7 Å². The predicted octanol–water partition coefficient (Wildman–Crippen LogP) is 2.06. The van der Waals surface area contributed by atoms with E-state index >= 15 is 0 Å². The fourth-order valence-corrected chi connectivity index (χ4v) is 3.48. The predicted molar refractivity (Wildman–Crippen MR) is 89.8 cm³/mol. The summed E-state index contributed by atoms with van der Waals surface area (Å²) in [6.45, 7) is 3.87. The van der Waals surface area contributed by atoms with Gasteiger partial charge in [-0.05, 0) is 37.3 Å². The Balaban J connectivity index is 1.64. The van der Waals surface area contributed by atoms with Crippen molar-refractivity contribution in [2.75, 3.05) is 13.1 Å². The second kappa shape index (κ2) is 6.44. The molecule has 1 aliphatic rings. The number of rotatable bonds is 4. The topological polar surface area (TPSA) is 68.3 Å². The number of fused-ring (bicyclic) bond motifs is 1. The third kappa shape index (κ3) is 3.38. The normalized spacial score (nSPS) is 16.0. The van der Waals surface area contributed by atoms with Gasteiger partial charge in [0.15, 0.2) is 0 Å². The lowest BCUT2D eigenvalue weighted by atomic mass is 9.93. The molecule has 0 aliphatic carbocycles. The van der Waals surface area contributed by atoms with Crippen LogP contribution in [0.25, 0.3) is 10.9 Å². The van der Waals surface area contributed by atoms with Crippen LogP contribution in [-0.2, 0) is 16.1 Å². The van der Waals surface area contributed by atoms with Gasteiger partial charge in [0.2, 0.25) is 11.8 Å². The minimum absolute atomic E-state index is 0.142. The summed E-state index contributed by atoms with van der Waals surface area (Å²) in [6, 6.07) is 8.15. The first-order chi connectivity index (χ1) is 11.0. The van der Waals surface area contributed by atoms with Crippen LogP contribution in [0, 0.1) is 12.8 Å². The zero-order valence-corrected chi connectivity index (χ0v) is 13.5. The molecule has 0 saturated carbocycles. The standard InChI is InChI=1S/C18H23N3O2/c1-13-11-21(16-5-3-2-4-15(13)16)12-18(23)20-8-6-14(7-9-20)10-17(19)22/h2-5,11,14H,6-10,12H2,1H3,(H2,19,22). The van der Waals surface area contributed by atoms with Gasteiger partial charge in [0, 0.05) is 36.6 Å². The van der Waals surface area contributed by atoms with Gasteiger partial charge in [0.1, 0.15) is 6.54 Å². The second-order valence-corrected chi connectivity index (χ2v) is 6.45. The molecule has 0 spiro atoms. The summed E-state index contributed by atoms with van der Waals surface area (Å²) in [4.78, 5) is 25.5. The largest absolute Gasteiger partial charge is 0.370 e. The number of amides is 2. The number of piperidine rings is 1. The van der Waals surface area contributed by atoms with Gasteiger partial charge < -0.3 is 15.2 Å². The number of aromatic nitrogens is 1. The molecule has 2 amide bonds. The molecule has 1 aromatic carbocycles. The highest BCUT2D eigenvalue weighted by Crippen LogP contribution is 2.23. The van der Waals surface area contributed by atoms with Crippen molar-refractivity contribution in [1.82, 2.24) is 9.47 Å². The van der Waals surface area contributed by atoms with E-state index in [2.05, 4.69) is 19.1 Å². The minimum atomic E-state index is -0.246. The van der Waals surface area contributed by atoms with E-state index in [1.807, 2.05) is 27.8 Å². The van der Waals surface area contributed by atoms with Gasteiger partial charge in [-0.3, -0.25) is 9.59 Å².